The Morgan fingerprint density at radius 3 is 2.44 bits per heavy atom. The Bertz CT molecular complexity index is 87.0. The Morgan fingerprint density at radius 1 is 1.44 bits per heavy atom. The standard InChI is InChI=1S/C5H11ClNOP/c1-8-9(6)7-4-2-3-5-7/h2-5H2,1H3. The number of nitrogens with zero attached hydrogens (tertiary/aromatic N) is 1. The van der Waals surface area contributed by atoms with Crippen LogP contribution in [0.5, 0.6) is 0 Å². The van der Waals surface area contributed by atoms with Gasteiger partial charge in [0.05, 0.1) is 0 Å². The second kappa shape index (κ2) is 3.72. The maximum absolute atomic E-state index is 5.84. The molecule has 1 fully saturated rings. The minimum absolute atomic E-state index is 0.774. The van der Waals surface area contributed by atoms with E-state index in [4.69, 9.17) is 15.8 Å². The van der Waals surface area contributed by atoms with E-state index >= 15 is 0 Å². The second-order valence-corrected chi connectivity index (χ2v) is 4.32. The van der Waals surface area contributed by atoms with Crippen LogP contribution in [0.3, 0.4) is 0 Å². The summed E-state index contributed by atoms with van der Waals surface area (Å²) in [5.74, 6) is 0. The summed E-state index contributed by atoms with van der Waals surface area (Å²) >= 11 is 5.84. The molecular formula is C5H11ClNOP. The van der Waals surface area contributed by atoms with Gasteiger partial charge in [0.25, 0.3) is 0 Å². The normalized spacial score (nSPS) is 24.7. The molecule has 0 N–H and O–H groups in total. The highest BCUT2D eigenvalue weighted by Gasteiger charge is 2.19. The van der Waals surface area contributed by atoms with Crippen molar-refractivity contribution < 1.29 is 4.52 Å². The van der Waals surface area contributed by atoms with Crippen molar-refractivity contribution in [3.63, 3.8) is 0 Å². The zero-order valence-corrected chi connectivity index (χ0v) is 7.16. The van der Waals surface area contributed by atoms with Gasteiger partial charge in [-0.25, -0.2) is 4.67 Å². The molecule has 1 unspecified atom stereocenters. The van der Waals surface area contributed by atoms with Crippen molar-refractivity contribution in [3.05, 3.63) is 0 Å². The molecule has 1 aliphatic heterocycles. The quantitative estimate of drug-likeness (QED) is 0.585. The number of hydrogen-bond donors (Lipinski definition) is 0. The summed E-state index contributed by atoms with van der Waals surface area (Å²) < 4.78 is 7.18. The molecule has 9 heavy (non-hydrogen) atoms. The van der Waals surface area contributed by atoms with Crippen molar-refractivity contribution >= 4 is 18.9 Å². The summed E-state index contributed by atoms with van der Waals surface area (Å²) in [5.41, 5.74) is 0. The lowest BCUT2D eigenvalue weighted by Crippen LogP contribution is -2.10. The van der Waals surface area contributed by atoms with Crippen molar-refractivity contribution in [3.8, 4) is 0 Å². The van der Waals surface area contributed by atoms with Gasteiger partial charge in [-0.05, 0) is 24.1 Å². The monoisotopic (exact) mass is 167 g/mol. The van der Waals surface area contributed by atoms with Crippen molar-refractivity contribution in [1.29, 1.82) is 0 Å². The molecule has 1 atom stereocenters. The van der Waals surface area contributed by atoms with Crippen LogP contribution in [0.25, 0.3) is 0 Å². The number of rotatable bonds is 2. The fourth-order valence-corrected chi connectivity index (χ4v) is 2.25. The Balaban J connectivity index is 2.24. The van der Waals surface area contributed by atoms with E-state index in [1.165, 1.54) is 12.8 Å². The largest absolute Gasteiger partial charge is 0.335 e. The van der Waals surface area contributed by atoms with E-state index in [0.29, 0.717) is 0 Å². The molecule has 0 spiro atoms. The summed E-state index contributed by atoms with van der Waals surface area (Å²) in [6, 6.07) is 0. The smallest absolute Gasteiger partial charge is 0.206 e. The molecule has 1 aliphatic rings. The Labute approximate surface area is 61.8 Å². The predicted molar refractivity (Wildman–Crippen MR) is 40.6 cm³/mol. The van der Waals surface area contributed by atoms with Crippen molar-refractivity contribution in [2.24, 2.45) is 0 Å². The van der Waals surface area contributed by atoms with Crippen molar-refractivity contribution in [2.45, 2.75) is 12.8 Å². The fourth-order valence-electron chi connectivity index (χ4n) is 0.973. The number of hydrogen-bond acceptors (Lipinski definition) is 2. The lowest BCUT2D eigenvalue weighted by molar-refractivity contribution is 0.411. The minimum atomic E-state index is -0.774. The number of halogens is 1. The minimum Gasteiger partial charge on any atom is -0.335 e. The van der Waals surface area contributed by atoms with Crippen LogP contribution in [0.15, 0.2) is 0 Å². The predicted octanol–water partition coefficient (Wildman–Crippen LogP) is 2.19. The third kappa shape index (κ3) is 2.05. The van der Waals surface area contributed by atoms with Crippen LogP contribution in [-0.4, -0.2) is 24.9 Å². The zero-order chi connectivity index (χ0) is 6.69. The van der Waals surface area contributed by atoms with Crippen molar-refractivity contribution in [1.82, 2.24) is 4.67 Å². The van der Waals surface area contributed by atoms with Gasteiger partial charge in [0.1, 0.15) is 0 Å². The molecule has 0 saturated carbocycles. The molecule has 0 aromatic carbocycles. The summed E-state index contributed by atoms with van der Waals surface area (Å²) in [4.78, 5) is 0. The molecule has 1 saturated heterocycles. The fraction of sp³-hybridized carbons (Fsp3) is 1.00. The SMILES string of the molecule is COP(Cl)N1CCCC1. The first-order chi connectivity index (χ1) is 4.34. The van der Waals surface area contributed by atoms with Crippen LogP contribution in [0.2, 0.25) is 0 Å². The van der Waals surface area contributed by atoms with Gasteiger partial charge < -0.3 is 4.52 Å². The molecule has 54 valence electrons. The molecule has 1 heterocycles. The Hall–Kier alpha value is 0.640. The van der Waals surface area contributed by atoms with Gasteiger partial charge in [0, 0.05) is 20.2 Å². The second-order valence-electron chi connectivity index (χ2n) is 2.07. The van der Waals surface area contributed by atoms with E-state index in [0.717, 1.165) is 13.1 Å². The molecule has 4 heteroatoms. The summed E-state index contributed by atoms with van der Waals surface area (Å²) in [5, 5.41) is 0. The highest BCUT2D eigenvalue weighted by molar-refractivity contribution is 7.78. The lowest BCUT2D eigenvalue weighted by Gasteiger charge is -2.17. The van der Waals surface area contributed by atoms with E-state index in [2.05, 4.69) is 4.67 Å². The molecule has 0 bridgehead atoms. The van der Waals surface area contributed by atoms with Crippen LogP contribution in [-0.2, 0) is 4.52 Å². The third-order valence-electron chi connectivity index (χ3n) is 1.46. The maximum atomic E-state index is 5.84. The first-order valence-electron chi connectivity index (χ1n) is 3.09. The molecule has 0 aliphatic carbocycles. The first kappa shape index (κ1) is 7.74. The van der Waals surface area contributed by atoms with Crippen LogP contribution in [0.1, 0.15) is 12.8 Å². The molecular weight excluding hydrogens is 156 g/mol. The van der Waals surface area contributed by atoms with Crippen LogP contribution < -0.4 is 0 Å². The summed E-state index contributed by atoms with van der Waals surface area (Å²) in [6.07, 6.45) is 2.55. The van der Waals surface area contributed by atoms with Gasteiger partial charge in [0.15, 0.2) is 0 Å². The maximum Gasteiger partial charge on any atom is 0.206 e. The summed E-state index contributed by atoms with van der Waals surface area (Å²) in [7, 11) is 0.890. The molecule has 0 radical (unpaired) electrons. The van der Waals surface area contributed by atoms with Gasteiger partial charge in [-0.15, -0.1) is 0 Å². The van der Waals surface area contributed by atoms with E-state index in [1.54, 1.807) is 7.11 Å². The highest BCUT2D eigenvalue weighted by atomic mass is 35.7. The zero-order valence-electron chi connectivity index (χ0n) is 5.51. The van der Waals surface area contributed by atoms with Crippen LogP contribution in [0, 0.1) is 0 Å². The van der Waals surface area contributed by atoms with Gasteiger partial charge >= 0.3 is 0 Å². The van der Waals surface area contributed by atoms with E-state index in [9.17, 15) is 0 Å². The molecule has 0 aromatic rings. The Kier molecular flexibility index (Phi) is 3.20. The van der Waals surface area contributed by atoms with Gasteiger partial charge in [-0.3, -0.25) is 0 Å². The topological polar surface area (TPSA) is 12.5 Å². The van der Waals surface area contributed by atoms with Gasteiger partial charge in [-0.2, -0.15) is 0 Å². The highest BCUT2D eigenvalue weighted by Crippen LogP contribution is 2.47. The van der Waals surface area contributed by atoms with Gasteiger partial charge in [0.2, 0.25) is 7.65 Å². The Morgan fingerprint density at radius 2 is 2.00 bits per heavy atom. The van der Waals surface area contributed by atoms with Crippen molar-refractivity contribution in [2.75, 3.05) is 20.2 Å². The van der Waals surface area contributed by atoms with E-state index in [-0.39, 0.29) is 0 Å². The molecule has 1 rings (SSSR count). The summed E-state index contributed by atoms with van der Waals surface area (Å²) in [6.45, 7) is 2.23. The first-order valence-corrected chi connectivity index (χ1v) is 5.21. The van der Waals surface area contributed by atoms with Crippen LogP contribution >= 0.6 is 18.9 Å². The molecule has 0 aromatic heterocycles. The third-order valence-corrected chi connectivity index (χ3v) is 3.66. The lowest BCUT2D eigenvalue weighted by atomic mass is 10.4. The average molecular weight is 168 g/mol. The van der Waals surface area contributed by atoms with E-state index < -0.39 is 7.65 Å². The average Bonchev–Trinajstić information content (AvgIpc) is 2.37. The van der Waals surface area contributed by atoms with Gasteiger partial charge in [-0.1, -0.05) is 0 Å². The van der Waals surface area contributed by atoms with Crippen LogP contribution in [0.4, 0.5) is 0 Å². The van der Waals surface area contributed by atoms with E-state index in [1.807, 2.05) is 0 Å². The molecule has 0 amide bonds. The molecule has 2 nitrogen and oxygen atoms in total.